The van der Waals surface area contributed by atoms with Crippen LogP contribution < -0.4 is 0 Å². The van der Waals surface area contributed by atoms with E-state index in [-0.39, 0.29) is 11.5 Å². The van der Waals surface area contributed by atoms with E-state index in [2.05, 4.69) is 25.9 Å². The van der Waals surface area contributed by atoms with Crippen LogP contribution in [-0.2, 0) is 9.63 Å². The second kappa shape index (κ2) is 6.53. The Kier molecular flexibility index (Phi) is 5.57. The minimum atomic E-state index is -0.235. The lowest BCUT2D eigenvalue weighted by Crippen LogP contribution is -2.26. The number of rotatable bonds is 5. The lowest BCUT2D eigenvalue weighted by Gasteiger charge is -2.27. The molecule has 19 heavy (non-hydrogen) atoms. The van der Waals surface area contributed by atoms with E-state index in [1.54, 1.807) is 0 Å². The highest BCUT2D eigenvalue weighted by Gasteiger charge is 2.37. The Hall–Kier alpha value is -0.860. The van der Waals surface area contributed by atoms with Crippen molar-refractivity contribution in [1.82, 2.24) is 0 Å². The molecule has 1 rings (SSSR count). The first-order valence-electron chi connectivity index (χ1n) is 7.45. The van der Waals surface area contributed by atoms with E-state index >= 15 is 0 Å². The van der Waals surface area contributed by atoms with E-state index in [9.17, 15) is 4.79 Å². The van der Waals surface area contributed by atoms with Gasteiger partial charge in [0.15, 0.2) is 0 Å². The Labute approximate surface area is 117 Å². The fraction of sp³-hybridized carbons (Fsp3) is 0.875. The molecule has 3 nitrogen and oxygen atoms in total. The largest absolute Gasteiger partial charge is 0.390 e. The first-order chi connectivity index (χ1) is 8.72. The molecule has 0 aromatic heterocycles. The van der Waals surface area contributed by atoms with Gasteiger partial charge in [-0.25, -0.2) is 0 Å². The zero-order valence-electron chi connectivity index (χ0n) is 13.3. The first-order valence-corrected chi connectivity index (χ1v) is 7.45. The molecule has 1 aliphatic carbocycles. The normalized spacial score (nSPS) is 27.8. The SMILES string of the molecule is CC1CCC(=O)[C@@H]1C(C)[C@H](C)C/C=N/OC(C)(C)C. The predicted molar refractivity (Wildman–Crippen MR) is 79.2 cm³/mol. The summed E-state index contributed by atoms with van der Waals surface area (Å²) in [5.74, 6) is 2.11. The van der Waals surface area contributed by atoms with Gasteiger partial charge in [0.1, 0.15) is 11.4 Å². The summed E-state index contributed by atoms with van der Waals surface area (Å²) in [6, 6.07) is 0. The van der Waals surface area contributed by atoms with Gasteiger partial charge >= 0.3 is 0 Å². The maximum atomic E-state index is 11.9. The minimum Gasteiger partial charge on any atom is -0.390 e. The van der Waals surface area contributed by atoms with Gasteiger partial charge in [-0.1, -0.05) is 25.9 Å². The Bertz CT molecular complexity index is 330. The fourth-order valence-corrected chi connectivity index (χ4v) is 2.82. The highest BCUT2D eigenvalue weighted by atomic mass is 16.6. The van der Waals surface area contributed by atoms with Gasteiger partial charge in [0.2, 0.25) is 0 Å². The van der Waals surface area contributed by atoms with Crippen molar-refractivity contribution >= 4 is 12.0 Å². The minimum absolute atomic E-state index is 0.235. The topological polar surface area (TPSA) is 38.7 Å². The maximum absolute atomic E-state index is 11.9. The molecule has 1 aliphatic rings. The molecule has 0 heterocycles. The molecule has 110 valence electrons. The first kappa shape index (κ1) is 16.2. The number of oxime groups is 1. The molecular weight excluding hydrogens is 238 g/mol. The van der Waals surface area contributed by atoms with Gasteiger partial charge in [0, 0.05) is 18.6 Å². The molecule has 2 unspecified atom stereocenters. The average Bonchev–Trinajstić information content (AvgIpc) is 2.62. The number of hydrogen-bond acceptors (Lipinski definition) is 3. The van der Waals surface area contributed by atoms with Crippen molar-refractivity contribution in [2.24, 2.45) is 28.8 Å². The van der Waals surface area contributed by atoms with Crippen LogP contribution in [0.4, 0.5) is 0 Å². The molecule has 1 saturated carbocycles. The van der Waals surface area contributed by atoms with E-state index < -0.39 is 0 Å². The molecular formula is C16H29NO2. The molecule has 0 radical (unpaired) electrons. The van der Waals surface area contributed by atoms with E-state index in [0.717, 1.165) is 19.3 Å². The smallest absolute Gasteiger partial charge is 0.136 e. The third-order valence-corrected chi connectivity index (χ3v) is 4.17. The van der Waals surface area contributed by atoms with Crippen LogP contribution in [0.2, 0.25) is 0 Å². The summed E-state index contributed by atoms with van der Waals surface area (Å²) >= 11 is 0. The molecule has 0 aromatic carbocycles. The maximum Gasteiger partial charge on any atom is 0.136 e. The van der Waals surface area contributed by atoms with Crippen molar-refractivity contribution < 1.29 is 9.63 Å². The van der Waals surface area contributed by atoms with Gasteiger partial charge in [-0.2, -0.15) is 0 Å². The van der Waals surface area contributed by atoms with E-state index in [0.29, 0.717) is 23.5 Å². The lowest BCUT2D eigenvalue weighted by molar-refractivity contribution is -0.123. The molecule has 3 heteroatoms. The van der Waals surface area contributed by atoms with Crippen LogP contribution >= 0.6 is 0 Å². The summed E-state index contributed by atoms with van der Waals surface area (Å²) in [5, 5.41) is 4.02. The standard InChI is InChI=1S/C16H29NO2/c1-11(9-10-17-19-16(4,5)6)13(3)15-12(2)7-8-14(15)18/h10-13,15H,7-9H2,1-6H3/b17-10+/t11-,12?,13?,15+/m1/s1. The summed E-state index contributed by atoms with van der Waals surface area (Å²) in [7, 11) is 0. The number of carbonyl (C=O) groups is 1. The zero-order valence-corrected chi connectivity index (χ0v) is 13.3. The second-order valence-electron chi connectivity index (χ2n) is 7.07. The van der Waals surface area contributed by atoms with Crippen molar-refractivity contribution in [1.29, 1.82) is 0 Å². The van der Waals surface area contributed by atoms with Crippen LogP contribution in [0.1, 0.15) is 60.8 Å². The van der Waals surface area contributed by atoms with Gasteiger partial charge in [0.25, 0.3) is 0 Å². The highest BCUT2D eigenvalue weighted by Crippen LogP contribution is 2.37. The Morgan fingerprint density at radius 1 is 1.42 bits per heavy atom. The fourth-order valence-electron chi connectivity index (χ4n) is 2.82. The third kappa shape index (κ3) is 4.96. The monoisotopic (exact) mass is 267 g/mol. The summed E-state index contributed by atoms with van der Waals surface area (Å²) in [6.07, 6.45) is 4.54. The Morgan fingerprint density at radius 3 is 2.53 bits per heavy atom. The van der Waals surface area contributed by atoms with Crippen molar-refractivity contribution in [2.45, 2.75) is 66.4 Å². The van der Waals surface area contributed by atoms with E-state index in [4.69, 9.17) is 4.84 Å². The molecule has 0 amide bonds. The summed E-state index contributed by atoms with van der Waals surface area (Å²) in [6.45, 7) is 12.6. The van der Waals surface area contributed by atoms with Gasteiger partial charge < -0.3 is 4.84 Å². The van der Waals surface area contributed by atoms with Crippen molar-refractivity contribution in [3.8, 4) is 0 Å². The van der Waals surface area contributed by atoms with Crippen LogP contribution in [0.3, 0.4) is 0 Å². The highest BCUT2D eigenvalue weighted by molar-refractivity contribution is 5.83. The van der Waals surface area contributed by atoms with E-state index in [1.807, 2.05) is 27.0 Å². The van der Waals surface area contributed by atoms with Crippen LogP contribution in [0, 0.1) is 23.7 Å². The number of Topliss-reactive ketones (excluding diaryl/α,β-unsaturated/α-hetero) is 1. The Morgan fingerprint density at radius 2 is 2.05 bits per heavy atom. The molecule has 4 atom stereocenters. The number of hydrogen-bond donors (Lipinski definition) is 0. The zero-order chi connectivity index (χ0) is 14.6. The van der Waals surface area contributed by atoms with Crippen molar-refractivity contribution in [3.63, 3.8) is 0 Å². The molecule has 0 saturated heterocycles. The number of nitrogens with zero attached hydrogens (tertiary/aromatic N) is 1. The molecule has 0 spiro atoms. The summed E-state index contributed by atoms with van der Waals surface area (Å²) in [5.41, 5.74) is -0.235. The van der Waals surface area contributed by atoms with Crippen molar-refractivity contribution in [3.05, 3.63) is 0 Å². The van der Waals surface area contributed by atoms with Gasteiger partial charge in [-0.15, -0.1) is 0 Å². The van der Waals surface area contributed by atoms with E-state index in [1.165, 1.54) is 0 Å². The second-order valence-corrected chi connectivity index (χ2v) is 7.07. The molecule has 0 aromatic rings. The van der Waals surface area contributed by atoms with Crippen LogP contribution in [0.15, 0.2) is 5.16 Å². The number of ketones is 1. The third-order valence-electron chi connectivity index (χ3n) is 4.17. The van der Waals surface area contributed by atoms with Crippen LogP contribution in [0.5, 0.6) is 0 Å². The van der Waals surface area contributed by atoms with Crippen LogP contribution in [-0.4, -0.2) is 17.6 Å². The summed E-state index contributed by atoms with van der Waals surface area (Å²) in [4.78, 5) is 17.3. The van der Waals surface area contributed by atoms with Gasteiger partial charge in [-0.05, 0) is 51.4 Å². The predicted octanol–water partition coefficient (Wildman–Crippen LogP) is 4.06. The number of carbonyl (C=O) groups excluding carboxylic acids is 1. The molecule has 1 fully saturated rings. The van der Waals surface area contributed by atoms with Crippen LogP contribution in [0.25, 0.3) is 0 Å². The van der Waals surface area contributed by atoms with Crippen molar-refractivity contribution in [2.75, 3.05) is 0 Å². The Balaban J connectivity index is 2.45. The molecule has 0 bridgehead atoms. The average molecular weight is 267 g/mol. The molecule has 0 aliphatic heterocycles. The summed E-state index contributed by atoms with van der Waals surface area (Å²) < 4.78 is 0. The van der Waals surface area contributed by atoms with Gasteiger partial charge in [-0.3, -0.25) is 4.79 Å². The lowest BCUT2D eigenvalue weighted by atomic mass is 9.77. The van der Waals surface area contributed by atoms with Gasteiger partial charge in [0.05, 0.1) is 0 Å². The molecule has 0 N–H and O–H groups in total. The quantitative estimate of drug-likeness (QED) is 0.556.